The molecule has 0 amide bonds. The number of nitrogens with zero attached hydrogens (tertiary/aromatic N) is 2. The van der Waals surface area contributed by atoms with Crippen molar-refractivity contribution in [1.82, 2.24) is 10.1 Å². The number of hydrogen-bond donors (Lipinski definition) is 0. The molecule has 1 aromatic carbocycles. The minimum Gasteiger partial charge on any atom is -0.340 e. The lowest BCUT2D eigenvalue weighted by molar-refractivity contribution is 0.377. The van der Waals surface area contributed by atoms with E-state index in [1.165, 1.54) is 11.9 Å². The molecular weight excluding hydrogens is 164 g/mol. The summed E-state index contributed by atoms with van der Waals surface area (Å²) in [6, 6.07) is 10.3. The molecule has 1 heterocycles. The van der Waals surface area contributed by atoms with E-state index in [9.17, 15) is 0 Å². The Labute approximate surface area is 76.4 Å². The summed E-state index contributed by atoms with van der Waals surface area (Å²) in [6.07, 6.45) is 3.19. The average Bonchev–Trinajstić information content (AvgIpc) is 2.69. The van der Waals surface area contributed by atoms with Gasteiger partial charge in [0.05, 0.1) is 0 Å². The van der Waals surface area contributed by atoms with Crippen molar-refractivity contribution in [2.75, 3.05) is 0 Å². The van der Waals surface area contributed by atoms with Gasteiger partial charge in [0.2, 0.25) is 5.89 Å². The van der Waals surface area contributed by atoms with Crippen LogP contribution in [-0.4, -0.2) is 10.1 Å². The molecule has 1 aromatic heterocycles. The first-order chi connectivity index (χ1) is 6.45. The van der Waals surface area contributed by atoms with Crippen LogP contribution in [0.4, 0.5) is 0 Å². The van der Waals surface area contributed by atoms with Gasteiger partial charge in [0, 0.05) is 6.42 Å². The van der Waals surface area contributed by atoms with Gasteiger partial charge in [0.1, 0.15) is 0 Å². The summed E-state index contributed by atoms with van der Waals surface area (Å²) in [5.41, 5.74) is 1.29. The first-order valence-electron chi connectivity index (χ1n) is 4.24. The molecule has 0 bridgehead atoms. The van der Waals surface area contributed by atoms with Crippen molar-refractivity contribution in [3.05, 3.63) is 48.1 Å². The second-order valence-corrected chi connectivity index (χ2v) is 2.82. The van der Waals surface area contributed by atoms with Crippen LogP contribution in [0.3, 0.4) is 0 Å². The molecule has 13 heavy (non-hydrogen) atoms. The van der Waals surface area contributed by atoms with E-state index in [1.54, 1.807) is 0 Å². The third-order valence-corrected chi connectivity index (χ3v) is 1.88. The molecule has 66 valence electrons. The number of aromatic nitrogens is 2. The lowest BCUT2D eigenvalue weighted by Gasteiger charge is -1.95. The standard InChI is InChI=1S/C10H10N2O/c1-2-4-9(5-3-1)6-7-10-11-8-12-13-10/h1-5,8H,6-7H2. The maximum absolute atomic E-state index is 4.89. The summed E-state index contributed by atoms with van der Waals surface area (Å²) in [6.45, 7) is 0. The van der Waals surface area contributed by atoms with Crippen molar-refractivity contribution in [3.8, 4) is 0 Å². The number of hydrogen-bond acceptors (Lipinski definition) is 3. The zero-order chi connectivity index (χ0) is 8.93. The minimum atomic E-state index is 0.698. The van der Waals surface area contributed by atoms with E-state index < -0.39 is 0 Å². The Morgan fingerprint density at radius 1 is 1.08 bits per heavy atom. The molecule has 0 aliphatic carbocycles. The summed E-state index contributed by atoms with van der Waals surface area (Å²) in [5, 5.41) is 3.55. The molecule has 0 N–H and O–H groups in total. The predicted octanol–water partition coefficient (Wildman–Crippen LogP) is 1.85. The third-order valence-electron chi connectivity index (χ3n) is 1.88. The highest BCUT2D eigenvalue weighted by molar-refractivity contribution is 5.15. The van der Waals surface area contributed by atoms with Crippen LogP contribution in [0.15, 0.2) is 41.2 Å². The van der Waals surface area contributed by atoms with Crippen LogP contribution in [0.2, 0.25) is 0 Å². The highest BCUT2D eigenvalue weighted by Gasteiger charge is 1.98. The van der Waals surface area contributed by atoms with Crippen LogP contribution < -0.4 is 0 Å². The van der Waals surface area contributed by atoms with Crippen molar-refractivity contribution in [2.45, 2.75) is 12.8 Å². The van der Waals surface area contributed by atoms with Crippen molar-refractivity contribution < 1.29 is 4.52 Å². The summed E-state index contributed by atoms with van der Waals surface area (Å²) in [7, 11) is 0. The van der Waals surface area contributed by atoms with Crippen molar-refractivity contribution in [3.63, 3.8) is 0 Å². The molecular formula is C10H10N2O. The largest absolute Gasteiger partial charge is 0.340 e. The Hall–Kier alpha value is -1.64. The molecule has 0 saturated heterocycles. The second-order valence-electron chi connectivity index (χ2n) is 2.82. The average molecular weight is 174 g/mol. The maximum Gasteiger partial charge on any atom is 0.226 e. The Morgan fingerprint density at radius 2 is 1.92 bits per heavy atom. The molecule has 2 rings (SSSR count). The summed E-state index contributed by atoms with van der Waals surface area (Å²) in [5.74, 6) is 0.698. The molecule has 2 aromatic rings. The van der Waals surface area contributed by atoms with E-state index >= 15 is 0 Å². The van der Waals surface area contributed by atoms with E-state index in [4.69, 9.17) is 4.52 Å². The van der Waals surface area contributed by atoms with Gasteiger partial charge in [0.25, 0.3) is 0 Å². The molecule has 0 atom stereocenters. The van der Waals surface area contributed by atoms with Crippen LogP contribution in [-0.2, 0) is 12.8 Å². The second kappa shape index (κ2) is 3.85. The fourth-order valence-corrected chi connectivity index (χ4v) is 1.20. The molecule has 0 aliphatic rings. The van der Waals surface area contributed by atoms with E-state index in [0.717, 1.165) is 12.8 Å². The third kappa shape index (κ3) is 2.15. The van der Waals surface area contributed by atoms with Gasteiger partial charge in [-0.15, -0.1) is 0 Å². The van der Waals surface area contributed by atoms with Crippen LogP contribution in [0.1, 0.15) is 11.5 Å². The van der Waals surface area contributed by atoms with Gasteiger partial charge < -0.3 is 4.52 Å². The van der Waals surface area contributed by atoms with Crippen LogP contribution >= 0.6 is 0 Å². The molecule has 0 aliphatic heterocycles. The van der Waals surface area contributed by atoms with Crippen molar-refractivity contribution in [1.29, 1.82) is 0 Å². The number of rotatable bonds is 3. The Morgan fingerprint density at radius 3 is 2.62 bits per heavy atom. The Kier molecular flexibility index (Phi) is 2.36. The first-order valence-corrected chi connectivity index (χ1v) is 4.24. The fraction of sp³-hybridized carbons (Fsp3) is 0.200. The monoisotopic (exact) mass is 174 g/mol. The topological polar surface area (TPSA) is 38.9 Å². The SMILES string of the molecule is c1ccc(CCc2ncno2)cc1. The molecule has 0 fully saturated rings. The van der Waals surface area contributed by atoms with Gasteiger partial charge >= 0.3 is 0 Å². The number of aryl methyl sites for hydroxylation is 2. The van der Waals surface area contributed by atoms with Crippen molar-refractivity contribution >= 4 is 0 Å². The van der Waals surface area contributed by atoms with Crippen molar-refractivity contribution in [2.24, 2.45) is 0 Å². The van der Waals surface area contributed by atoms with Gasteiger partial charge in [-0.05, 0) is 12.0 Å². The quantitative estimate of drug-likeness (QED) is 0.712. The number of benzene rings is 1. The molecule has 0 spiro atoms. The molecule has 3 heteroatoms. The van der Waals surface area contributed by atoms with Gasteiger partial charge in [-0.25, -0.2) is 0 Å². The highest BCUT2D eigenvalue weighted by Crippen LogP contribution is 2.03. The summed E-state index contributed by atoms with van der Waals surface area (Å²) < 4.78 is 4.89. The van der Waals surface area contributed by atoms with Crippen LogP contribution in [0.25, 0.3) is 0 Å². The van der Waals surface area contributed by atoms with E-state index in [1.807, 2.05) is 18.2 Å². The van der Waals surface area contributed by atoms with Crippen LogP contribution in [0, 0.1) is 0 Å². The molecule has 0 saturated carbocycles. The maximum atomic E-state index is 4.89. The van der Waals surface area contributed by atoms with Crippen LogP contribution in [0.5, 0.6) is 0 Å². The summed E-state index contributed by atoms with van der Waals surface area (Å²) >= 11 is 0. The van der Waals surface area contributed by atoms with Gasteiger partial charge in [0.15, 0.2) is 6.33 Å². The fourth-order valence-electron chi connectivity index (χ4n) is 1.20. The summed E-state index contributed by atoms with van der Waals surface area (Å²) in [4.78, 5) is 3.95. The Balaban J connectivity index is 1.94. The molecule has 0 radical (unpaired) electrons. The minimum absolute atomic E-state index is 0.698. The zero-order valence-electron chi connectivity index (χ0n) is 7.18. The van der Waals surface area contributed by atoms with Gasteiger partial charge in [-0.3, -0.25) is 0 Å². The predicted molar refractivity (Wildman–Crippen MR) is 48.1 cm³/mol. The van der Waals surface area contributed by atoms with Gasteiger partial charge in [-0.2, -0.15) is 4.98 Å². The lowest BCUT2D eigenvalue weighted by atomic mass is 10.1. The van der Waals surface area contributed by atoms with E-state index in [0.29, 0.717) is 5.89 Å². The Bertz CT molecular complexity index is 342. The lowest BCUT2D eigenvalue weighted by Crippen LogP contribution is -1.90. The van der Waals surface area contributed by atoms with E-state index in [2.05, 4.69) is 22.3 Å². The smallest absolute Gasteiger partial charge is 0.226 e. The first kappa shape index (κ1) is 7.98. The highest BCUT2D eigenvalue weighted by atomic mass is 16.5. The molecule has 3 nitrogen and oxygen atoms in total. The van der Waals surface area contributed by atoms with Gasteiger partial charge in [-0.1, -0.05) is 35.5 Å². The van der Waals surface area contributed by atoms with E-state index in [-0.39, 0.29) is 0 Å². The normalized spacial score (nSPS) is 10.2. The zero-order valence-corrected chi connectivity index (χ0v) is 7.18. The molecule has 0 unspecified atom stereocenters.